The highest BCUT2D eigenvalue weighted by Crippen LogP contribution is 2.37. The van der Waals surface area contributed by atoms with Crippen LogP contribution in [0.25, 0.3) is 0 Å². The molecule has 21 heavy (non-hydrogen) atoms. The maximum atomic E-state index is 12.5. The van der Waals surface area contributed by atoms with Crippen LogP contribution in [0, 0.1) is 11.8 Å². The van der Waals surface area contributed by atoms with E-state index in [0.717, 1.165) is 17.9 Å². The van der Waals surface area contributed by atoms with Crippen molar-refractivity contribution in [2.75, 3.05) is 13.7 Å². The molecule has 1 saturated carbocycles. The molecule has 0 bridgehead atoms. The van der Waals surface area contributed by atoms with Crippen LogP contribution >= 0.6 is 0 Å². The molecule has 0 aromatic heterocycles. The summed E-state index contributed by atoms with van der Waals surface area (Å²) in [7, 11) is 1.66. The van der Waals surface area contributed by atoms with Crippen molar-refractivity contribution in [2.45, 2.75) is 38.3 Å². The molecule has 1 saturated heterocycles. The van der Waals surface area contributed by atoms with E-state index in [9.17, 15) is 4.79 Å². The fraction of sp³-hybridized carbons (Fsp3) is 0.588. The number of benzene rings is 1. The van der Waals surface area contributed by atoms with Gasteiger partial charge in [-0.2, -0.15) is 0 Å². The summed E-state index contributed by atoms with van der Waals surface area (Å²) in [6.45, 7) is 3.03. The van der Waals surface area contributed by atoms with Crippen molar-refractivity contribution in [3.63, 3.8) is 0 Å². The molecular weight excluding hydrogens is 264 g/mol. The van der Waals surface area contributed by atoms with E-state index in [1.165, 1.54) is 19.3 Å². The van der Waals surface area contributed by atoms with E-state index in [1.54, 1.807) is 7.11 Å². The van der Waals surface area contributed by atoms with Crippen molar-refractivity contribution in [1.29, 1.82) is 0 Å². The normalized spacial score (nSPS) is 29.0. The average Bonchev–Trinajstić information content (AvgIpc) is 3.09. The molecule has 4 nitrogen and oxygen atoms in total. The summed E-state index contributed by atoms with van der Waals surface area (Å²) in [5.41, 5.74) is 1.10. The van der Waals surface area contributed by atoms with Gasteiger partial charge in [-0.25, -0.2) is 0 Å². The van der Waals surface area contributed by atoms with E-state index in [4.69, 9.17) is 4.74 Å². The molecule has 4 atom stereocenters. The Bertz CT molecular complexity index is 500. The summed E-state index contributed by atoms with van der Waals surface area (Å²) in [4.78, 5) is 12.5. The average molecular weight is 288 g/mol. The summed E-state index contributed by atoms with van der Waals surface area (Å²) < 4.78 is 5.16. The second-order valence-electron chi connectivity index (χ2n) is 6.24. The molecule has 0 spiro atoms. The predicted molar refractivity (Wildman–Crippen MR) is 82.2 cm³/mol. The van der Waals surface area contributed by atoms with Gasteiger partial charge in [-0.15, -0.1) is 0 Å². The largest absolute Gasteiger partial charge is 0.497 e. The van der Waals surface area contributed by atoms with Crippen LogP contribution in [0.15, 0.2) is 24.3 Å². The summed E-state index contributed by atoms with van der Waals surface area (Å²) in [5.74, 6) is 2.22. The summed E-state index contributed by atoms with van der Waals surface area (Å²) in [6, 6.07) is 7.88. The Hall–Kier alpha value is -1.55. The lowest BCUT2D eigenvalue weighted by molar-refractivity contribution is -0.124. The Labute approximate surface area is 126 Å². The fourth-order valence-corrected chi connectivity index (χ4v) is 3.75. The van der Waals surface area contributed by atoms with Crippen LogP contribution in [0.5, 0.6) is 5.75 Å². The molecule has 3 unspecified atom stereocenters. The van der Waals surface area contributed by atoms with Gasteiger partial charge in [0.2, 0.25) is 5.91 Å². The van der Waals surface area contributed by atoms with Crippen LogP contribution in [0.2, 0.25) is 0 Å². The van der Waals surface area contributed by atoms with E-state index in [0.29, 0.717) is 11.8 Å². The molecule has 4 heteroatoms. The van der Waals surface area contributed by atoms with Gasteiger partial charge in [0.15, 0.2) is 0 Å². The minimum absolute atomic E-state index is 0.00167. The third kappa shape index (κ3) is 2.91. The first-order chi connectivity index (χ1) is 10.2. The number of ether oxygens (including phenoxy) is 1. The standard InChI is InChI=1S/C17H24N2O2/c1-11(12-6-8-14(21-2)9-7-12)19-17(20)16-15-5-3-4-13(15)10-18-16/h6-9,11,13,15-16,18H,3-5,10H2,1-2H3,(H,19,20)/t11-,13?,15?,16?/m0/s1. The van der Waals surface area contributed by atoms with Crippen LogP contribution in [-0.2, 0) is 4.79 Å². The smallest absolute Gasteiger partial charge is 0.237 e. The molecule has 1 aliphatic carbocycles. The third-order valence-corrected chi connectivity index (χ3v) is 5.00. The van der Waals surface area contributed by atoms with Gasteiger partial charge in [0.1, 0.15) is 5.75 Å². The number of hydrogen-bond acceptors (Lipinski definition) is 3. The van der Waals surface area contributed by atoms with E-state index in [2.05, 4.69) is 10.6 Å². The zero-order chi connectivity index (χ0) is 14.8. The Morgan fingerprint density at radius 1 is 1.33 bits per heavy atom. The first kappa shape index (κ1) is 14.4. The topological polar surface area (TPSA) is 50.4 Å². The SMILES string of the molecule is COc1ccc([C@H](C)NC(=O)C2NCC3CCCC32)cc1. The van der Waals surface area contributed by atoms with Crippen molar-refractivity contribution < 1.29 is 9.53 Å². The maximum Gasteiger partial charge on any atom is 0.237 e. The van der Waals surface area contributed by atoms with Crippen molar-refractivity contribution >= 4 is 5.91 Å². The van der Waals surface area contributed by atoms with Crippen LogP contribution in [0.1, 0.15) is 37.8 Å². The van der Waals surface area contributed by atoms with Crippen molar-refractivity contribution in [2.24, 2.45) is 11.8 Å². The number of carbonyl (C=O) groups is 1. The summed E-state index contributed by atoms with van der Waals surface area (Å²) in [5, 5.41) is 6.55. The first-order valence-electron chi connectivity index (χ1n) is 7.86. The van der Waals surface area contributed by atoms with E-state index in [-0.39, 0.29) is 18.0 Å². The summed E-state index contributed by atoms with van der Waals surface area (Å²) in [6.07, 6.45) is 3.73. The lowest BCUT2D eigenvalue weighted by Crippen LogP contribution is -2.44. The Morgan fingerprint density at radius 2 is 2.10 bits per heavy atom. The number of carbonyl (C=O) groups excluding carboxylic acids is 1. The van der Waals surface area contributed by atoms with Gasteiger partial charge in [0, 0.05) is 0 Å². The number of rotatable bonds is 4. The number of methoxy groups -OCH3 is 1. The molecule has 1 heterocycles. The second-order valence-corrected chi connectivity index (χ2v) is 6.24. The summed E-state index contributed by atoms with van der Waals surface area (Å²) >= 11 is 0. The molecule has 1 aliphatic heterocycles. The molecule has 3 rings (SSSR count). The maximum absolute atomic E-state index is 12.5. The number of hydrogen-bond donors (Lipinski definition) is 2. The monoisotopic (exact) mass is 288 g/mol. The number of amides is 1. The van der Waals surface area contributed by atoms with Gasteiger partial charge in [-0.3, -0.25) is 4.79 Å². The minimum atomic E-state index is -0.00167. The molecule has 114 valence electrons. The number of fused-ring (bicyclic) bond motifs is 1. The van der Waals surface area contributed by atoms with Crippen LogP contribution in [0.3, 0.4) is 0 Å². The molecule has 2 aliphatic rings. The highest BCUT2D eigenvalue weighted by molar-refractivity contribution is 5.83. The van der Waals surface area contributed by atoms with Gasteiger partial charge in [-0.05, 0) is 55.8 Å². The highest BCUT2D eigenvalue weighted by Gasteiger charge is 2.42. The van der Waals surface area contributed by atoms with Crippen molar-refractivity contribution in [3.05, 3.63) is 29.8 Å². The Morgan fingerprint density at radius 3 is 2.81 bits per heavy atom. The zero-order valence-electron chi connectivity index (χ0n) is 12.8. The second kappa shape index (κ2) is 6.06. The van der Waals surface area contributed by atoms with Crippen molar-refractivity contribution in [1.82, 2.24) is 10.6 Å². The number of nitrogens with one attached hydrogen (secondary N) is 2. The van der Waals surface area contributed by atoms with Gasteiger partial charge >= 0.3 is 0 Å². The molecule has 0 radical (unpaired) electrons. The molecule has 1 aromatic rings. The zero-order valence-corrected chi connectivity index (χ0v) is 12.8. The fourth-order valence-electron chi connectivity index (χ4n) is 3.75. The molecule has 2 N–H and O–H groups in total. The highest BCUT2D eigenvalue weighted by atomic mass is 16.5. The van der Waals surface area contributed by atoms with Gasteiger partial charge in [-0.1, -0.05) is 18.6 Å². The molecular formula is C17H24N2O2. The van der Waals surface area contributed by atoms with E-state index < -0.39 is 0 Å². The Kier molecular flexibility index (Phi) is 4.15. The third-order valence-electron chi connectivity index (χ3n) is 5.00. The Balaban J connectivity index is 1.61. The quantitative estimate of drug-likeness (QED) is 0.893. The van der Waals surface area contributed by atoms with Gasteiger partial charge < -0.3 is 15.4 Å². The minimum Gasteiger partial charge on any atom is -0.497 e. The molecule has 1 aromatic carbocycles. The molecule has 1 amide bonds. The van der Waals surface area contributed by atoms with Crippen LogP contribution in [-0.4, -0.2) is 25.6 Å². The van der Waals surface area contributed by atoms with Crippen molar-refractivity contribution in [3.8, 4) is 5.75 Å². The van der Waals surface area contributed by atoms with Crippen LogP contribution in [0.4, 0.5) is 0 Å². The van der Waals surface area contributed by atoms with Gasteiger partial charge in [0.05, 0.1) is 19.2 Å². The first-order valence-corrected chi connectivity index (χ1v) is 7.86. The van der Waals surface area contributed by atoms with Gasteiger partial charge in [0.25, 0.3) is 0 Å². The lowest BCUT2D eigenvalue weighted by Gasteiger charge is -2.21. The predicted octanol–water partition coefficient (Wildman–Crippen LogP) is 2.26. The molecule has 2 fully saturated rings. The van der Waals surface area contributed by atoms with E-state index >= 15 is 0 Å². The van der Waals surface area contributed by atoms with Crippen LogP contribution < -0.4 is 15.4 Å². The lowest BCUT2D eigenvalue weighted by atomic mass is 9.93. The van der Waals surface area contributed by atoms with E-state index in [1.807, 2.05) is 31.2 Å².